The lowest BCUT2D eigenvalue weighted by Gasteiger charge is -2.08. The van der Waals surface area contributed by atoms with Crippen LogP contribution in [0.5, 0.6) is 23.0 Å². The van der Waals surface area contributed by atoms with E-state index in [4.69, 9.17) is 23.7 Å². The molecule has 8 heteroatoms. The molecule has 4 rings (SSSR count). The fraction of sp³-hybridized carbons (Fsp3) is 0.150. The van der Waals surface area contributed by atoms with E-state index in [1.54, 1.807) is 42.5 Å². The van der Waals surface area contributed by atoms with Crippen molar-refractivity contribution in [1.82, 2.24) is 0 Å². The van der Waals surface area contributed by atoms with Crippen molar-refractivity contribution in [3.05, 3.63) is 53.2 Å². The summed E-state index contributed by atoms with van der Waals surface area (Å²) in [5, 5.41) is 0. The van der Waals surface area contributed by atoms with Gasteiger partial charge in [-0.25, -0.2) is 9.79 Å². The Morgan fingerprint density at radius 3 is 2.71 bits per heavy atom. The summed E-state index contributed by atoms with van der Waals surface area (Å²) in [6.45, 7) is 1.46. The van der Waals surface area contributed by atoms with Crippen molar-refractivity contribution in [3.63, 3.8) is 0 Å². The molecule has 0 atom stereocenters. The largest absolute Gasteiger partial charge is 0.493 e. The van der Waals surface area contributed by atoms with Crippen LogP contribution in [0.25, 0.3) is 6.08 Å². The number of nitrogens with zero attached hydrogens (tertiary/aromatic N) is 1. The van der Waals surface area contributed by atoms with Crippen LogP contribution in [0.1, 0.15) is 18.1 Å². The fourth-order valence-corrected chi connectivity index (χ4v) is 2.73. The van der Waals surface area contributed by atoms with E-state index < -0.39 is 11.9 Å². The SMILES string of the molecule is COc1cc(C=C2N=C(c3ccc4c(c3)OCO4)OC2=O)ccc1OC(C)=O. The Morgan fingerprint density at radius 2 is 1.93 bits per heavy atom. The second-order valence-corrected chi connectivity index (χ2v) is 5.91. The van der Waals surface area contributed by atoms with Crippen molar-refractivity contribution in [3.8, 4) is 23.0 Å². The van der Waals surface area contributed by atoms with E-state index in [-0.39, 0.29) is 24.1 Å². The van der Waals surface area contributed by atoms with Crippen LogP contribution in [0.2, 0.25) is 0 Å². The van der Waals surface area contributed by atoms with Crippen molar-refractivity contribution in [2.24, 2.45) is 4.99 Å². The molecule has 2 aliphatic rings. The number of hydrogen-bond acceptors (Lipinski definition) is 8. The summed E-state index contributed by atoms with van der Waals surface area (Å²) in [5.41, 5.74) is 1.37. The molecule has 0 aromatic heterocycles. The molecule has 0 saturated heterocycles. The summed E-state index contributed by atoms with van der Waals surface area (Å²) in [7, 11) is 1.46. The molecular weight excluding hydrogens is 366 g/mol. The highest BCUT2D eigenvalue weighted by molar-refractivity contribution is 6.13. The van der Waals surface area contributed by atoms with Crippen LogP contribution in [-0.4, -0.2) is 31.7 Å². The number of esters is 2. The van der Waals surface area contributed by atoms with Crippen LogP contribution in [0.3, 0.4) is 0 Å². The van der Waals surface area contributed by atoms with Gasteiger partial charge in [0, 0.05) is 12.5 Å². The van der Waals surface area contributed by atoms with Gasteiger partial charge in [0.25, 0.3) is 0 Å². The van der Waals surface area contributed by atoms with Crippen molar-refractivity contribution in [2.75, 3.05) is 13.9 Å². The van der Waals surface area contributed by atoms with Crippen molar-refractivity contribution in [2.45, 2.75) is 6.92 Å². The second-order valence-electron chi connectivity index (χ2n) is 5.91. The van der Waals surface area contributed by atoms with Gasteiger partial charge in [-0.1, -0.05) is 6.07 Å². The Labute approximate surface area is 159 Å². The van der Waals surface area contributed by atoms with E-state index in [0.717, 1.165) is 0 Å². The Kier molecular flexibility index (Phi) is 4.44. The summed E-state index contributed by atoms with van der Waals surface area (Å²) in [6.07, 6.45) is 1.56. The standard InChI is InChI=1S/C20H15NO7/c1-11(22)27-16-5-3-12(8-17(16)24-2)7-14-20(23)28-19(21-14)13-4-6-15-18(9-13)26-10-25-15/h3-9H,10H2,1-2H3. The number of aliphatic imine (C=N–C) groups is 1. The van der Waals surface area contributed by atoms with E-state index in [1.165, 1.54) is 14.0 Å². The molecule has 0 fully saturated rings. The van der Waals surface area contributed by atoms with Gasteiger partial charge >= 0.3 is 11.9 Å². The van der Waals surface area contributed by atoms with Gasteiger partial charge in [0.1, 0.15) is 0 Å². The van der Waals surface area contributed by atoms with E-state index >= 15 is 0 Å². The third kappa shape index (κ3) is 3.39. The fourth-order valence-electron chi connectivity index (χ4n) is 2.73. The first kappa shape index (κ1) is 17.6. The number of hydrogen-bond donors (Lipinski definition) is 0. The predicted octanol–water partition coefficient (Wildman–Crippen LogP) is 2.69. The first-order valence-electron chi connectivity index (χ1n) is 8.32. The number of methoxy groups -OCH3 is 1. The third-order valence-corrected chi connectivity index (χ3v) is 3.98. The molecule has 2 heterocycles. The van der Waals surface area contributed by atoms with Crippen LogP contribution in [0.15, 0.2) is 47.1 Å². The molecule has 0 radical (unpaired) electrons. The molecule has 2 aromatic rings. The molecule has 0 amide bonds. The van der Waals surface area contributed by atoms with Gasteiger partial charge in [0.15, 0.2) is 28.7 Å². The van der Waals surface area contributed by atoms with Gasteiger partial charge in [-0.2, -0.15) is 0 Å². The molecule has 28 heavy (non-hydrogen) atoms. The second kappa shape index (κ2) is 7.07. The number of fused-ring (bicyclic) bond motifs is 1. The summed E-state index contributed by atoms with van der Waals surface area (Å²) in [5.74, 6) is 0.992. The van der Waals surface area contributed by atoms with Gasteiger partial charge in [-0.05, 0) is 42.0 Å². The molecule has 142 valence electrons. The monoisotopic (exact) mass is 381 g/mol. The van der Waals surface area contributed by atoms with Crippen LogP contribution < -0.4 is 18.9 Å². The zero-order valence-corrected chi connectivity index (χ0v) is 15.1. The molecule has 0 N–H and O–H groups in total. The number of carbonyl (C=O) groups excluding carboxylic acids is 2. The molecule has 0 bridgehead atoms. The smallest absolute Gasteiger partial charge is 0.363 e. The summed E-state index contributed by atoms with van der Waals surface area (Å²) in [6, 6.07) is 10.1. The molecular formula is C20H15NO7. The van der Waals surface area contributed by atoms with Gasteiger partial charge in [0.2, 0.25) is 12.7 Å². The lowest BCUT2D eigenvalue weighted by Crippen LogP contribution is -2.05. The van der Waals surface area contributed by atoms with Crippen molar-refractivity contribution < 1.29 is 33.3 Å². The first-order valence-corrected chi connectivity index (χ1v) is 8.32. The minimum atomic E-state index is -0.573. The Balaban J connectivity index is 1.62. The normalized spacial score (nSPS) is 16.0. The Hall–Kier alpha value is -3.81. The first-order chi connectivity index (χ1) is 13.5. The maximum atomic E-state index is 12.2. The van der Waals surface area contributed by atoms with E-state index in [1.807, 2.05) is 0 Å². The highest BCUT2D eigenvalue weighted by atomic mass is 16.7. The lowest BCUT2D eigenvalue weighted by molar-refractivity contribution is -0.132. The number of benzene rings is 2. The molecule has 0 aliphatic carbocycles. The molecule has 0 saturated carbocycles. The molecule has 0 unspecified atom stereocenters. The molecule has 2 aliphatic heterocycles. The van der Waals surface area contributed by atoms with Crippen LogP contribution in [-0.2, 0) is 14.3 Å². The topological polar surface area (TPSA) is 92.7 Å². The summed E-state index contributed by atoms with van der Waals surface area (Å²) >= 11 is 0. The summed E-state index contributed by atoms with van der Waals surface area (Å²) < 4.78 is 26.2. The van der Waals surface area contributed by atoms with Gasteiger partial charge < -0.3 is 23.7 Å². The van der Waals surface area contributed by atoms with Crippen LogP contribution >= 0.6 is 0 Å². The van der Waals surface area contributed by atoms with E-state index in [0.29, 0.717) is 28.4 Å². The van der Waals surface area contributed by atoms with Crippen LogP contribution in [0, 0.1) is 0 Å². The zero-order valence-electron chi connectivity index (χ0n) is 15.1. The average molecular weight is 381 g/mol. The number of rotatable bonds is 4. The van der Waals surface area contributed by atoms with Crippen LogP contribution in [0.4, 0.5) is 0 Å². The number of ether oxygens (including phenoxy) is 5. The van der Waals surface area contributed by atoms with E-state index in [9.17, 15) is 9.59 Å². The minimum absolute atomic E-state index is 0.134. The quantitative estimate of drug-likeness (QED) is 0.457. The molecule has 2 aromatic carbocycles. The molecule has 8 nitrogen and oxygen atoms in total. The van der Waals surface area contributed by atoms with Crippen molar-refractivity contribution in [1.29, 1.82) is 0 Å². The zero-order chi connectivity index (χ0) is 19.7. The lowest BCUT2D eigenvalue weighted by atomic mass is 10.1. The minimum Gasteiger partial charge on any atom is -0.493 e. The summed E-state index contributed by atoms with van der Waals surface area (Å²) in [4.78, 5) is 27.6. The maximum absolute atomic E-state index is 12.2. The van der Waals surface area contributed by atoms with Gasteiger partial charge in [0.05, 0.1) is 7.11 Å². The van der Waals surface area contributed by atoms with E-state index in [2.05, 4.69) is 4.99 Å². The predicted molar refractivity (Wildman–Crippen MR) is 97.5 cm³/mol. The Bertz CT molecular complexity index is 1040. The average Bonchev–Trinajstić information content (AvgIpc) is 3.28. The highest BCUT2D eigenvalue weighted by Crippen LogP contribution is 2.34. The van der Waals surface area contributed by atoms with Gasteiger partial charge in [-0.15, -0.1) is 0 Å². The number of carbonyl (C=O) groups is 2. The molecule has 0 spiro atoms. The highest BCUT2D eigenvalue weighted by Gasteiger charge is 2.26. The number of cyclic esters (lactones) is 1. The Morgan fingerprint density at radius 1 is 1.11 bits per heavy atom. The van der Waals surface area contributed by atoms with Crippen molar-refractivity contribution >= 4 is 23.9 Å². The third-order valence-electron chi connectivity index (χ3n) is 3.98. The maximum Gasteiger partial charge on any atom is 0.363 e. The van der Waals surface area contributed by atoms with Gasteiger partial charge in [-0.3, -0.25) is 4.79 Å².